The lowest BCUT2D eigenvalue weighted by Gasteiger charge is -2.09. The molecule has 1 aliphatic rings. The molecule has 0 bridgehead atoms. The zero-order valence-electron chi connectivity index (χ0n) is 12.3. The van der Waals surface area contributed by atoms with E-state index in [0.717, 1.165) is 42.5 Å². The molecule has 0 radical (unpaired) electrons. The number of benzene rings is 1. The van der Waals surface area contributed by atoms with Crippen LogP contribution in [0.25, 0.3) is 11.0 Å². The maximum absolute atomic E-state index is 11.9. The van der Waals surface area contributed by atoms with E-state index in [-0.39, 0.29) is 12.0 Å². The van der Waals surface area contributed by atoms with Crippen LogP contribution in [0.15, 0.2) is 24.5 Å². The highest BCUT2D eigenvalue weighted by Gasteiger charge is 2.16. The number of carbonyl (C=O) groups excluding carboxylic acids is 1. The standard InChI is InChI=1S/C16H21N3O2/c1-19-11-18-14-9-12(4-6-15(14)19)10-17-16(20)7-5-13-3-2-8-21-13/h4,6,9,11,13H,2-3,5,7-8,10H2,1H3,(H,17,20)/t13-/m0/s1. The maximum Gasteiger partial charge on any atom is 0.220 e. The van der Waals surface area contributed by atoms with Crippen LogP contribution in [0.4, 0.5) is 0 Å². The van der Waals surface area contributed by atoms with Crippen LogP contribution in [-0.4, -0.2) is 28.2 Å². The van der Waals surface area contributed by atoms with Crippen LogP contribution < -0.4 is 5.32 Å². The molecular formula is C16H21N3O2. The van der Waals surface area contributed by atoms with Gasteiger partial charge < -0.3 is 14.6 Å². The van der Waals surface area contributed by atoms with Crippen LogP contribution in [-0.2, 0) is 23.1 Å². The Morgan fingerprint density at radius 1 is 1.52 bits per heavy atom. The molecule has 1 aliphatic heterocycles. The molecule has 1 aromatic carbocycles. The van der Waals surface area contributed by atoms with Crippen LogP contribution >= 0.6 is 0 Å². The molecule has 1 amide bonds. The second-order valence-corrected chi connectivity index (χ2v) is 5.63. The average Bonchev–Trinajstić information content (AvgIpc) is 3.13. The van der Waals surface area contributed by atoms with Gasteiger partial charge in [-0.15, -0.1) is 0 Å². The molecule has 1 fully saturated rings. The first kappa shape index (κ1) is 14.1. The van der Waals surface area contributed by atoms with Gasteiger partial charge in [-0.05, 0) is 37.0 Å². The number of imidazole rings is 1. The molecule has 0 saturated carbocycles. The Kier molecular flexibility index (Phi) is 4.20. The van der Waals surface area contributed by atoms with E-state index in [9.17, 15) is 4.79 Å². The number of fused-ring (bicyclic) bond motifs is 1. The highest BCUT2D eigenvalue weighted by Crippen LogP contribution is 2.17. The predicted octanol–water partition coefficient (Wildman–Crippen LogP) is 2.15. The minimum absolute atomic E-state index is 0.0895. The molecule has 21 heavy (non-hydrogen) atoms. The zero-order chi connectivity index (χ0) is 14.7. The van der Waals surface area contributed by atoms with Gasteiger partial charge in [0.2, 0.25) is 5.91 Å². The molecular weight excluding hydrogens is 266 g/mol. The molecule has 5 nitrogen and oxygen atoms in total. The summed E-state index contributed by atoms with van der Waals surface area (Å²) in [7, 11) is 1.97. The molecule has 1 atom stereocenters. The van der Waals surface area contributed by atoms with Crippen LogP contribution in [0.3, 0.4) is 0 Å². The van der Waals surface area contributed by atoms with Crippen LogP contribution in [0, 0.1) is 0 Å². The summed E-state index contributed by atoms with van der Waals surface area (Å²) in [6.45, 7) is 1.40. The first-order chi connectivity index (χ1) is 10.2. The summed E-state index contributed by atoms with van der Waals surface area (Å²) in [5.74, 6) is 0.0895. The zero-order valence-corrected chi connectivity index (χ0v) is 12.3. The van der Waals surface area contributed by atoms with Gasteiger partial charge in [0.25, 0.3) is 0 Å². The Balaban J connectivity index is 1.49. The molecule has 0 spiro atoms. The molecule has 2 aromatic rings. The Morgan fingerprint density at radius 2 is 2.43 bits per heavy atom. The molecule has 0 aliphatic carbocycles. The van der Waals surface area contributed by atoms with Crippen molar-refractivity contribution in [3.8, 4) is 0 Å². The highest BCUT2D eigenvalue weighted by atomic mass is 16.5. The number of hydrogen-bond donors (Lipinski definition) is 1. The number of carbonyl (C=O) groups is 1. The topological polar surface area (TPSA) is 56.2 Å². The van der Waals surface area contributed by atoms with Crippen molar-refractivity contribution >= 4 is 16.9 Å². The van der Waals surface area contributed by atoms with Gasteiger partial charge in [0.1, 0.15) is 0 Å². The number of ether oxygens (including phenoxy) is 1. The lowest BCUT2D eigenvalue weighted by molar-refractivity contribution is -0.121. The second kappa shape index (κ2) is 6.26. The molecule has 1 saturated heterocycles. The van der Waals surface area contributed by atoms with Gasteiger partial charge in [-0.1, -0.05) is 6.07 Å². The summed E-state index contributed by atoms with van der Waals surface area (Å²) in [6.07, 6.45) is 5.65. The van der Waals surface area contributed by atoms with Gasteiger partial charge in [0.15, 0.2) is 0 Å². The van der Waals surface area contributed by atoms with E-state index in [1.54, 1.807) is 6.33 Å². The monoisotopic (exact) mass is 287 g/mol. The first-order valence-electron chi connectivity index (χ1n) is 7.50. The van der Waals surface area contributed by atoms with Crippen molar-refractivity contribution in [2.24, 2.45) is 7.05 Å². The molecule has 1 aromatic heterocycles. The SMILES string of the molecule is Cn1cnc2cc(CNC(=O)CC[C@@H]3CCCO3)ccc21. The summed E-state index contributed by atoms with van der Waals surface area (Å²) in [5, 5.41) is 2.97. The van der Waals surface area contributed by atoms with Crippen LogP contribution in [0.5, 0.6) is 0 Å². The van der Waals surface area contributed by atoms with Crippen molar-refractivity contribution in [3.05, 3.63) is 30.1 Å². The number of aryl methyl sites for hydroxylation is 1. The number of rotatable bonds is 5. The lowest BCUT2D eigenvalue weighted by Crippen LogP contribution is -2.23. The third-order valence-electron chi connectivity index (χ3n) is 4.00. The van der Waals surface area contributed by atoms with Gasteiger partial charge in [-0.2, -0.15) is 0 Å². The Labute approximate surface area is 124 Å². The van der Waals surface area contributed by atoms with E-state index in [1.807, 2.05) is 29.8 Å². The summed E-state index contributed by atoms with van der Waals surface area (Å²) in [4.78, 5) is 16.2. The molecule has 3 rings (SSSR count). The van der Waals surface area contributed by atoms with Crippen LogP contribution in [0.2, 0.25) is 0 Å². The largest absolute Gasteiger partial charge is 0.378 e. The second-order valence-electron chi connectivity index (χ2n) is 5.63. The van der Waals surface area contributed by atoms with E-state index in [0.29, 0.717) is 13.0 Å². The minimum atomic E-state index is 0.0895. The fourth-order valence-corrected chi connectivity index (χ4v) is 2.74. The summed E-state index contributed by atoms with van der Waals surface area (Å²) in [5.41, 5.74) is 3.14. The Morgan fingerprint density at radius 3 is 3.24 bits per heavy atom. The number of amides is 1. The number of nitrogens with one attached hydrogen (secondary N) is 1. The van der Waals surface area contributed by atoms with Gasteiger partial charge in [0.05, 0.1) is 23.5 Å². The molecule has 5 heteroatoms. The summed E-state index contributed by atoms with van der Waals surface area (Å²) in [6, 6.07) is 6.09. The number of hydrogen-bond acceptors (Lipinski definition) is 3. The Hall–Kier alpha value is -1.88. The first-order valence-corrected chi connectivity index (χ1v) is 7.50. The fraction of sp³-hybridized carbons (Fsp3) is 0.500. The van der Waals surface area contributed by atoms with Crippen molar-refractivity contribution in [1.29, 1.82) is 0 Å². The van der Waals surface area contributed by atoms with E-state index >= 15 is 0 Å². The summed E-state index contributed by atoms with van der Waals surface area (Å²) >= 11 is 0. The fourth-order valence-electron chi connectivity index (χ4n) is 2.74. The molecule has 2 heterocycles. The molecule has 1 N–H and O–H groups in total. The maximum atomic E-state index is 11.9. The van der Waals surface area contributed by atoms with E-state index in [1.165, 1.54) is 0 Å². The average molecular weight is 287 g/mol. The predicted molar refractivity (Wildman–Crippen MR) is 80.8 cm³/mol. The highest BCUT2D eigenvalue weighted by molar-refractivity contribution is 5.77. The van der Waals surface area contributed by atoms with Crippen molar-refractivity contribution in [3.63, 3.8) is 0 Å². The molecule has 0 unspecified atom stereocenters. The van der Waals surface area contributed by atoms with Gasteiger partial charge in [-0.25, -0.2) is 4.98 Å². The van der Waals surface area contributed by atoms with E-state index in [4.69, 9.17) is 4.74 Å². The normalized spacial score (nSPS) is 18.2. The van der Waals surface area contributed by atoms with Crippen molar-refractivity contribution < 1.29 is 9.53 Å². The quantitative estimate of drug-likeness (QED) is 0.916. The van der Waals surface area contributed by atoms with Crippen molar-refractivity contribution in [1.82, 2.24) is 14.9 Å². The third-order valence-corrected chi connectivity index (χ3v) is 4.00. The minimum Gasteiger partial charge on any atom is -0.378 e. The van der Waals surface area contributed by atoms with Crippen molar-refractivity contribution in [2.45, 2.75) is 38.3 Å². The lowest BCUT2D eigenvalue weighted by atomic mass is 10.1. The van der Waals surface area contributed by atoms with Crippen molar-refractivity contribution in [2.75, 3.05) is 6.61 Å². The van der Waals surface area contributed by atoms with Gasteiger partial charge in [0, 0.05) is 26.6 Å². The van der Waals surface area contributed by atoms with Gasteiger partial charge >= 0.3 is 0 Å². The Bertz CT molecular complexity index is 629. The van der Waals surface area contributed by atoms with Crippen LogP contribution in [0.1, 0.15) is 31.2 Å². The van der Waals surface area contributed by atoms with Gasteiger partial charge in [-0.3, -0.25) is 4.79 Å². The smallest absolute Gasteiger partial charge is 0.220 e. The number of aromatic nitrogens is 2. The summed E-state index contributed by atoms with van der Waals surface area (Å²) < 4.78 is 7.51. The van der Waals surface area contributed by atoms with E-state index < -0.39 is 0 Å². The third kappa shape index (κ3) is 3.42. The van der Waals surface area contributed by atoms with E-state index in [2.05, 4.69) is 10.3 Å². The number of nitrogens with zero attached hydrogens (tertiary/aromatic N) is 2. The molecule has 112 valence electrons.